The van der Waals surface area contributed by atoms with E-state index >= 15 is 0 Å². The van der Waals surface area contributed by atoms with Crippen molar-refractivity contribution in [1.29, 1.82) is 0 Å². The van der Waals surface area contributed by atoms with E-state index in [4.69, 9.17) is 4.74 Å². The smallest absolute Gasteiger partial charge is 0.318 e. The molecule has 0 bridgehead atoms. The van der Waals surface area contributed by atoms with Crippen LogP contribution in [0.2, 0.25) is 0 Å². The van der Waals surface area contributed by atoms with Crippen molar-refractivity contribution < 1.29 is 9.53 Å². The monoisotopic (exact) mass is 310 g/mol. The number of benzene rings is 2. The van der Waals surface area contributed by atoms with Crippen LogP contribution in [0.5, 0.6) is 5.75 Å². The Bertz CT molecular complexity index is 669. The summed E-state index contributed by atoms with van der Waals surface area (Å²) < 4.78 is 5.57. The number of ether oxygens (including phenoxy) is 1. The van der Waals surface area contributed by atoms with Gasteiger partial charge in [0.05, 0.1) is 5.92 Å². The third-order valence-electron chi connectivity index (χ3n) is 4.02. The average molecular weight is 310 g/mol. The predicted octanol–water partition coefficient (Wildman–Crippen LogP) is 5.21. The number of carbonyl (C=O) groups excluding carboxylic acids is 1. The highest BCUT2D eigenvalue weighted by atomic mass is 16.5. The Kier molecular flexibility index (Phi) is 5.59. The minimum absolute atomic E-state index is 0.214. The van der Waals surface area contributed by atoms with E-state index < -0.39 is 0 Å². The quantitative estimate of drug-likeness (QED) is 0.559. The van der Waals surface area contributed by atoms with Crippen LogP contribution in [0, 0.1) is 19.8 Å². The fourth-order valence-electron chi connectivity index (χ4n) is 2.66. The van der Waals surface area contributed by atoms with Gasteiger partial charge in [-0.05, 0) is 55.9 Å². The predicted molar refractivity (Wildman–Crippen MR) is 95.0 cm³/mol. The van der Waals surface area contributed by atoms with Gasteiger partial charge in [0.2, 0.25) is 0 Å². The maximum absolute atomic E-state index is 12.4. The molecule has 2 rings (SSSR count). The Morgan fingerprint density at radius 3 is 2.22 bits per heavy atom. The summed E-state index contributed by atoms with van der Waals surface area (Å²) in [5.74, 6) is 0.786. The first-order chi connectivity index (χ1) is 10.9. The maximum atomic E-state index is 12.4. The number of hydrogen-bond acceptors (Lipinski definition) is 2. The molecule has 2 aromatic rings. The third-order valence-corrected chi connectivity index (χ3v) is 4.02. The first-order valence-corrected chi connectivity index (χ1v) is 8.24. The van der Waals surface area contributed by atoms with E-state index in [0.717, 1.165) is 23.1 Å². The van der Waals surface area contributed by atoms with Crippen LogP contribution in [0.15, 0.2) is 42.5 Å². The summed E-state index contributed by atoms with van der Waals surface area (Å²) in [5.41, 5.74) is 4.44. The van der Waals surface area contributed by atoms with Crippen molar-refractivity contribution >= 4 is 5.97 Å². The molecule has 0 amide bonds. The van der Waals surface area contributed by atoms with Gasteiger partial charge in [0.1, 0.15) is 5.75 Å². The number of hydrogen-bond donors (Lipinski definition) is 0. The summed E-state index contributed by atoms with van der Waals surface area (Å²) in [6.07, 6.45) is 1.06. The van der Waals surface area contributed by atoms with Crippen molar-refractivity contribution in [1.82, 2.24) is 0 Å². The SMILES string of the molecule is Cc1ccc(OC(=O)[C@H](C)c2ccc(CC(C)C)cc2)c(C)c1. The van der Waals surface area contributed by atoms with Gasteiger partial charge in [-0.15, -0.1) is 0 Å². The van der Waals surface area contributed by atoms with Gasteiger partial charge in [-0.2, -0.15) is 0 Å². The molecule has 2 aromatic carbocycles. The van der Waals surface area contributed by atoms with E-state index in [0.29, 0.717) is 11.7 Å². The Morgan fingerprint density at radius 1 is 1.00 bits per heavy atom. The molecule has 0 aliphatic rings. The van der Waals surface area contributed by atoms with E-state index in [-0.39, 0.29) is 11.9 Å². The molecule has 0 aliphatic carbocycles. The fraction of sp³-hybridized carbons (Fsp3) is 0.381. The number of rotatable bonds is 5. The Labute approximate surface area is 139 Å². The van der Waals surface area contributed by atoms with E-state index in [1.807, 2.05) is 51.1 Å². The Balaban J connectivity index is 2.07. The van der Waals surface area contributed by atoms with Crippen LogP contribution < -0.4 is 4.74 Å². The summed E-state index contributed by atoms with van der Waals surface area (Å²) >= 11 is 0. The molecule has 0 heterocycles. The maximum Gasteiger partial charge on any atom is 0.318 e. The van der Waals surface area contributed by atoms with Crippen LogP contribution in [0.1, 0.15) is 48.9 Å². The van der Waals surface area contributed by atoms with Crippen LogP contribution in [0.25, 0.3) is 0 Å². The van der Waals surface area contributed by atoms with E-state index in [9.17, 15) is 4.79 Å². The molecule has 0 saturated carbocycles. The molecule has 0 N–H and O–H groups in total. The Hall–Kier alpha value is -2.09. The van der Waals surface area contributed by atoms with Crippen molar-refractivity contribution in [2.75, 3.05) is 0 Å². The first-order valence-electron chi connectivity index (χ1n) is 8.24. The molecule has 2 nitrogen and oxygen atoms in total. The summed E-state index contributed by atoms with van der Waals surface area (Å²) in [7, 11) is 0. The lowest BCUT2D eigenvalue weighted by Crippen LogP contribution is -2.16. The van der Waals surface area contributed by atoms with E-state index in [2.05, 4.69) is 26.0 Å². The second-order valence-electron chi connectivity index (χ2n) is 6.75. The van der Waals surface area contributed by atoms with E-state index in [1.165, 1.54) is 5.56 Å². The Morgan fingerprint density at radius 2 is 1.65 bits per heavy atom. The molecule has 0 aromatic heterocycles. The molecule has 0 spiro atoms. The molecular weight excluding hydrogens is 284 g/mol. The molecule has 23 heavy (non-hydrogen) atoms. The van der Waals surface area contributed by atoms with Gasteiger partial charge in [-0.25, -0.2) is 0 Å². The molecule has 0 unspecified atom stereocenters. The second-order valence-corrected chi connectivity index (χ2v) is 6.75. The molecule has 0 fully saturated rings. The lowest BCUT2D eigenvalue weighted by atomic mass is 9.97. The molecule has 0 saturated heterocycles. The standard InChI is InChI=1S/C21H26O2/c1-14(2)12-18-7-9-19(10-8-18)17(5)21(22)23-20-11-6-15(3)13-16(20)4/h6-11,13-14,17H,12H2,1-5H3/t17-/m1/s1. The van der Waals surface area contributed by atoms with Crippen LogP contribution in [0.3, 0.4) is 0 Å². The highest BCUT2D eigenvalue weighted by Crippen LogP contribution is 2.23. The van der Waals surface area contributed by atoms with Crippen molar-refractivity contribution in [2.24, 2.45) is 5.92 Å². The molecular formula is C21H26O2. The van der Waals surface area contributed by atoms with Crippen molar-refractivity contribution in [3.05, 3.63) is 64.7 Å². The summed E-state index contributed by atoms with van der Waals surface area (Å²) in [5, 5.41) is 0. The zero-order chi connectivity index (χ0) is 17.0. The van der Waals surface area contributed by atoms with Gasteiger partial charge in [-0.1, -0.05) is 55.8 Å². The van der Waals surface area contributed by atoms with Crippen molar-refractivity contribution in [2.45, 2.75) is 47.0 Å². The molecule has 122 valence electrons. The number of carbonyl (C=O) groups is 1. The summed E-state index contributed by atoms with van der Waals surface area (Å²) in [4.78, 5) is 12.4. The first kappa shape index (κ1) is 17.3. The highest BCUT2D eigenvalue weighted by Gasteiger charge is 2.18. The van der Waals surface area contributed by atoms with Gasteiger partial charge < -0.3 is 4.74 Å². The van der Waals surface area contributed by atoms with Gasteiger partial charge in [0, 0.05) is 0 Å². The van der Waals surface area contributed by atoms with Crippen LogP contribution >= 0.6 is 0 Å². The zero-order valence-corrected chi connectivity index (χ0v) is 14.7. The third kappa shape index (κ3) is 4.69. The van der Waals surface area contributed by atoms with Gasteiger partial charge >= 0.3 is 5.97 Å². The zero-order valence-electron chi connectivity index (χ0n) is 14.7. The topological polar surface area (TPSA) is 26.3 Å². The average Bonchev–Trinajstić information content (AvgIpc) is 2.49. The van der Waals surface area contributed by atoms with Crippen LogP contribution in [-0.4, -0.2) is 5.97 Å². The number of esters is 1. The molecule has 0 radical (unpaired) electrons. The largest absolute Gasteiger partial charge is 0.426 e. The van der Waals surface area contributed by atoms with Crippen LogP contribution in [0.4, 0.5) is 0 Å². The van der Waals surface area contributed by atoms with E-state index in [1.54, 1.807) is 0 Å². The molecule has 2 heteroatoms. The summed E-state index contributed by atoms with van der Waals surface area (Å²) in [6, 6.07) is 14.1. The highest BCUT2D eigenvalue weighted by molar-refractivity contribution is 5.80. The number of aryl methyl sites for hydroxylation is 2. The normalized spacial score (nSPS) is 12.3. The molecule has 0 aliphatic heterocycles. The summed E-state index contributed by atoms with van der Waals surface area (Å²) in [6.45, 7) is 10.3. The second kappa shape index (κ2) is 7.45. The lowest BCUT2D eigenvalue weighted by Gasteiger charge is -2.14. The van der Waals surface area contributed by atoms with Gasteiger partial charge in [0.15, 0.2) is 0 Å². The van der Waals surface area contributed by atoms with Crippen molar-refractivity contribution in [3.8, 4) is 5.75 Å². The van der Waals surface area contributed by atoms with Crippen LogP contribution in [-0.2, 0) is 11.2 Å². The van der Waals surface area contributed by atoms with Gasteiger partial charge in [0.25, 0.3) is 0 Å². The molecule has 1 atom stereocenters. The minimum atomic E-state index is -0.274. The van der Waals surface area contributed by atoms with Crippen molar-refractivity contribution in [3.63, 3.8) is 0 Å². The van der Waals surface area contributed by atoms with Gasteiger partial charge in [-0.3, -0.25) is 4.79 Å². The lowest BCUT2D eigenvalue weighted by molar-refractivity contribution is -0.135. The fourth-order valence-corrected chi connectivity index (χ4v) is 2.66. The minimum Gasteiger partial charge on any atom is -0.426 e.